The predicted octanol–water partition coefficient (Wildman–Crippen LogP) is 0.880. The Bertz CT molecular complexity index is 133. The van der Waals surface area contributed by atoms with E-state index in [2.05, 4.69) is 27.7 Å². The molecule has 0 fully saturated rings. The fourth-order valence-electron chi connectivity index (χ4n) is 2.64. The van der Waals surface area contributed by atoms with E-state index >= 15 is 0 Å². The van der Waals surface area contributed by atoms with Gasteiger partial charge in [0.25, 0.3) is 0 Å². The van der Waals surface area contributed by atoms with E-state index in [0.717, 1.165) is 0 Å². The van der Waals surface area contributed by atoms with Gasteiger partial charge in [0.1, 0.15) is 0 Å². The number of quaternary nitrogens is 1. The van der Waals surface area contributed by atoms with Crippen molar-refractivity contribution < 1.29 is 31.9 Å². The van der Waals surface area contributed by atoms with Crippen LogP contribution in [0.15, 0.2) is 0 Å². The van der Waals surface area contributed by atoms with Gasteiger partial charge in [0.15, 0.2) is 0 Å². The Labute approximate surface area is 138 Å². The second kappa shape index (κ2) is 25.7. The van der Waals surface area contributed by atoms with Gasteiger partial charge in [-0.1, -0.05) is 53.4 Å². The molecule has 0 aliphatic carbocycles. The maximum absolute atomic E-state index is 2.33. The van der Waals surface area contributed by atoms with Crippen molar-refractivity contribution in [3.63, 3.8) is 0 Å². The van der Waals surface area contributed by atoms with Crippen LogP contribution in [0.1, 0.15) is 79.1 Å². The normalized spacial score (nSPS) is 9.27. The molecule has 0 aromatic rings. The van der Waals surface area contributed by atoms with Gasteiger partial charge in [-0.3, -0.25) is 0 Å². The van der Waals surface area contributed by atoms with E-state index in [1.165, 1.54) is 82.0 Å². The zero-order valence-electron chi connectivity index (χ0n) is 15.4. The van der Waals surface area contributed by atoms with Gasteiger partial charge >= 0.3 is 0 Å². The molecule has 0 aromatic carbocycles. The van der Waals surface area contributed by atoms with Crippen molar-refractivity contribution in [2.45, 2.75) is 79.1 Å². The molecule has 0 aromatic heterocycles. The summed E-state index contributed by atoms with van der Waals surface area (Å²) < 4.78 is 1.42. The fraction of sp³-hybridized carbons (Fsp3) is 1.00. The SMILES string of the molecule is CCCC[N+](CCCC)(CCCC)CCCC.O.O.O.O.O. The van der Waals surface area contributed by atoms with Crippen molar-refractivity contribution in [1.82, 2.24) is 0 Å². The lowest BCUT2D eigenvalue weighted by atomic mass is 10.1. The molecule has 6 heteroatoms. The van der Waals surface area contributed by atoms with E-state index < -0.39 is 0 Å². The van der Waals surface area contributed by atoms with Crippen LogP contribution in [0.5, 0.6) is 0 Å². The molecule has 0 saturated carbocycles. The van der Waals surface area contributed by atoms with Crippen molar-refractivity contribution in [3.05, 3.63) is 0 Å². The first-order valence-corrected chi connectivity index (χ1v) is 8.09. The van der Waals surface area contributed by atoms with E-state index in [1.807, 2.05) is 0 Å². The molecular weight excluding hydrogens is 286 g/mol. The summed E-state index contributed by atoms with van der Waals surface area (Å²) in [5.74, 6) is 0. The van der Waals surface area contributed by atoms with Crippen molar-refractivity contribution in [2.75, 3.05) is 26.2 Å². The van der Waals surface area contributed by atoms with Crippen molar-refractivity contribution in [1.29, 1.82) is 0 Å². The van der Waals surface area contributed by atoms with Gasteiger partial charge in [0, 0.05) is 0 Å². The highest BCUT2D eigenvalue weighted by Gasteiger charge is 2.24. The molecule has 0 radical (unpaired) electrons. The summed E-state index contributed by atoms with van der Waals surface area (Å²) in [5, 5.41) is 0. The average Bonchev–Trinajstić information content (AvgIpc) is 2.37. The molecule has 0 atom stereocenters. The minimum atomic E-state index is 0. The molecule has 0 spiro atoms. The summed E-state index contributed by atoms with van der Waals surface area (Å²) in [7, 11) is 0. The molecule has 0 bridgehead atoms. The lowest BCUT2D eigenvalue weighted by Gasteiger charge is -2.39. The monoisotopic (exact) mass is 332 g/mol. The standard InChI is InChI=1S/C16H36N.5H2O/c1-5-9-13-17(14-10-6-2,15-11-7-3)16-12-8-4;;;;;/h5-16H2,1-4H3;5*1H2/q+1;;;;;. The third-order valence-electron chi connectivity index (χ3n) is 3.94. The average molecular weight is 333 g/mol. The lowest BCUT2D eigenvalue weighted by Crippen LogP contribution is -2.50. The molecule has 0 aliphatic heterocycles. The molecule has 10 N–H and O–H groups in total. The van der Waals surface area contributed by atoms with Gasteiger partial charge < -0.3 is 31.9 Å². The van der Waals surface area contributed by atoms with Crippen LogP contribution >= 0.6 is 0 Å². The smallest absolute Gasteiger partial charge is 0.0786 e. The number of hydrogen-bond acceptors (Lipinski definition) is 0. The number of nitrogens with zero attached hydrogens (tertiary/aromatic N) is 1. The first-order chi connectivity index (χ1) is 8.24. The third kappa shape index (κ3) is 17.8. The van der Waals surface area contributed by atoms with Gasteiger partial charge in [-0.2, -0.15) is 0 Å². The summed E-state index contributed by atoms with van der Waals surface area (Å²) in [6.45, 7) is 15.0. The summed E-state index contributed by atoms with van der Waals surface area (Å²) in [6, 6.07) is 0. The Balaban J connectivity index is -0.000000128. The summed E-state index contributed by atoms with van der Waals surface area (Å²) in [5.41, 5.74) is 0. The molecule has 0 unspecified atom stereocenters. The Morgan fingerprint density at radius 2 is 0.591 bits per heavy atom. The largest absolute Gasteiger partial charge is 0.412 e. The Kier molecular flexibility index (Phi) is 44.1. The molecule has 0 heterocycles. The van der Waals surface area contributed by atoms with Crippen LogP contribution < -0.4 is 0 Å². The highest BCUT2D eigenvalue weighted by Crippen LogP contribution is 2.16. The molecule has 0 rings (SSSR count). The molecule has 0 aliphatic rings. The second-order valence-electron chi connectivity index (χ2n) is 5.65. The van der Waals surface area contributed by atoms with Gasteiger partial charge in [0.05, 0.1) is 26.2 Å². The minimum absolute atomic E-state index is 0. The molecule has 0 saturated heterocycles. The zero-order valence-corrected chi connectivity index (χ0v) is 15.4. The topological polar surface area (TPSA) is 158 Å². The first-order valence-electron chi connectivity index (χ1n) is 8.09. The number of rotatable bonds is 12. The number of hydrogen-bond donors (Lipinski definition) is 0. The van der Waals surface area contributed by atoms with Gasteiger partial charge in [0.2, 0.25) is 0 Å². The molecular formula is C16H46NO5+. The molecule has 22 heavy (non-hydrogen) atoms. The van der Waals surface area contributed by atoms with Crippen LogP contribution in [0.4, 0.5) is 0 Å². The molecule has 6 nitrogen and oxygen atoms in total. The van der Waals surface area contributed by atoms with Crippen LogP contribution in [0.3, 0.4) is 0 Å². The number of unbranched alkanes of at least 4 members (excludes halogenated alkanes) is 4. The van der Waals surface area contributed by atoms with E-state index in [4.69, 9.17) is 0 Å². The van der Waals surface area contributed by atoms with E-state index in [0.29, 0.717) is 0 Å². The molecule has 144 valence electrons. The van der Waals surface area contributed by atoms with Gasteiger partial charge in [-0.15, -0.1) is 0 Å². The Morgan fingerprint density at radius 3 is 0.727 bits per heavy atom. The highest BCUT2D eigenvalue weighted by atomic mass is 16.0. The van der Waals surface area contributed by atoms with Crippen molar-refractivity contribution in [3.8, 4) is 0 Å². The Hall–Kier alpha value is -0.240. The van der Waals surface area contributed by atoms with Gasteiger partial charge in [-0.25, -0.2) is 0 Å². The summed E-state index contributed by atoms with van der Waals surface area (Å²) >= 11 is 0. The Morgan fingerprint density at radius 1 is 0.409 bits per heavy atom. The van der Waals surface area contributed by atoms with E-state index in [-0.39, 0.29) is 27.4 Å². The summed E-state index contributed by atoms with van der Waals surface area (Å²) in [6.07, 6.45) is 11.1. The van der Waals surface area contributed by atoms with Crippen LogP contribution in [0.2, 0.25) is 0 Å². The highest BCUT2D eigenvalue weighted by molar-refractivity contribution is 4.49. The minimum Gasteiger partial charge on any atom is -0.412 e. The maximum atomic E-state index is 2.33. The van der Waals surface area contributed by atoms with Crippen LogP contribution in [-0.4, -0.2) is 58.0 Å². The van der Waals surface area contributed by atoms with Crippen LogP contribution in [0.25, 0.3) is 0 Å². The molecule has 0 amide bonds. The second-order valence-corrected chi connectivity index (χ2v) is 5.65. The maximum Gasteiger partial charge on any atom is 0.0786 e. The lowest BCUT2D eigenvalue weighted by molar-refractivity contribution is -0.929. The summed E-state index contributed by atoms with van der Waals surface area (Å²) in [4.78, 5) is 0. The van der Waals surface area contributed by atoms with Crippen molar-refractivity contribution in [2.24, 2.45) is 0 Å². The van der Waals surface area contributed by atoms with Gasteiger partial charge in [-0.05, 0) is 25.7 Å². The van der Waals surface area contributed by atoms with E-state index in [1.54, 1.807) is 0 Å². The predicted molar refractivity (Wildman–Crippen MR) is 97.4 cm³/mol. The quantitative estimate of drug-likeness (QED) is 0.465. The van der Waals surface area contributed by atoms with Crippen molar-refractivity contribution >= 4 is 0 Å². The fourth-order valence-corrected chi connectivity index (χ4v) is 2.64. The van der Waals surface area contributed by atoms with Crippen LogP contribution in [-0.2, 0) is 0 Å². The third-order valence-corrected chi connectivity index (χ3v) is 3.94. The van der Waals surface area contributed by atoms with Crippen LogP contribution in [0, 0.1) is 0 Å². The van der Waals surface area contributed by atoms with E-state index in [9.17, 15) is 0 Å². The zero-order chi connectivity index (χ0) is 13.0. The first kappa shape index (κ1) is 37.8.